The van der Waals surface area contributed by atoms with E-state index in [1.807, 2.05) is 12.1 Å². The number of amides is 1. The van der Waals surface area contributed by atoms with Crippen LogP contribution in [0.25, 0.3) is 0 Å². The summed E-state index contributed by atoms with van der Waals surface area (Å²) in [6.07, 6.45) is 6.82. The van der Waals surface area contributed by atoms with Crippen molar-refractivity contribution in [1.29, 1.82) is 0 Å². The van der Waals surface area contributed by atoms with Crippen LogP contribution in [0, 0.1) is 0 Å². The van der Waals surface area contributed by atoms with Crippen LogP contribution in [0.2, 0.25) is 0 Å². The molecule has 0 saturated carbocycles. The van der Waals surface area contributed by atoms with Crippen molar-refractivity contribution in [2.75, 3.05) is 24.8 Å². The Labute approximate surface area is 158 Å². The molecule has 2 aliphatic heterocycles. The molecule has 4 rings (SSSR count). The zero-order valence-electron chi connectivity index (χ0n) is 15.2. The van der Waals surface area contributed by atoms with Gasteiger partial charge in [0.15, 0.2) is 11.5 Å². The first-order valence-corrected chi connectivity index (χ1v) is 9.38. The van der Waals surface area contributed by atoms with Crippen LogP contribution in [-0.4, -0.2) is 32.0 Å². The van der Waals surface area contributed by atoms with Gasteiger partial charge >= 0.3 is 0 Å². The Morgan fingerprint density at radius 3 is 2.48 bits per heavy atom. The highest BCUT2D eigenvalue weighted by Gasteiger charge is 2.15. The van der Waals surface area contributed by atoms with Gasteiger partial charge in [0.05, 0.1) is 6.21 Å². The molecule has 2 aliphatic rings. The molecule has 0 aliphatic carbocycles. The average Bonchev–Trinajstić information content (AvgIpc) is 3.00. The molecule has 27 heavy (non-hydrogen) atoms. The first-order chi connectivity index (χ1) is 13.3. The smallest absolute Gasteiger partial charge is 0.271 e. The van der Waals surface area contributed by atoms with Crippen molar-refractivity contribution >= 4 is 17.8 Å². The summed E-state index contributed by atoms with van der Waals surface area (Å²) in [4.78, 5) is 14.6. The molecule has 0 aromatic heterocycles. The monoisotopic (exact) mass is 365 g/mol. The first kappa shape index (κ1) is 17.4. The second kappa shape index (κ2) is 8.12. The second-order valence-electron chi connectivity index (χ2n) is 6.76. The van der Waals surface area contributed by atoms with E-state index in [-0.39, 0.29) is 12.7 Å². The zero-order chi connectivity index (χ0) is 18.5. The fraction of sp³-hybridized carbons (Fsp3) is 0.333. The minimum Gasteiger partial charge on any atom is -0.454 e. The van der Waals surface area contributed by atoms with Crippen molar-refractivity contribution < 1.29 is 14.3 Å². The van der Waals surface area contributed by atoms with Gasteiger partial charge in [0, 0.05) is 24.3 Å². The molecule has 1 N–H and O–H groups in total. The van der Waals surface area contributed by atoms with Crippen molar-refractivity contribution in [3.63, 3.8) is 0 Å². The molecule has 1 saturated heterocycles. The number of rotatable bonds is 4. The van der Waals surface area contributed by atoms with Crippen molar-refractivity contribution in [2.24, 2.45) is 5.10 Å². The number of benzene rings is 2. The Bertz CT molecular complexity index is 825. The summed E-state index contributed by atoms with van der Waals surface area (Å²) in [7, 11) is 0. The van der Waals surface area contributed by atoms with Gasteiger partial charge in [-0.3, -0.25) is 4.79 Å². The molecule has 0 atom stereocenters. The minimum absolute atomic E-state index is 0.186. The van der Waals surface area contributed by atoms with Crippen LogP contribution in [0.4, 0.5) is 5.69 Å². The maximum absolute atomic E-state index is 12.2. The maximum atomic E-state index is 12.2. The highest BCUT2D eigenvalue weighted by molar-refractivity contribution is 5.95. The van der Waals surface area contributed by atoms with E-state index in [2.05, 4.69) is 27.6 Å². The van der Waals surface area contributed by atoms with E-state index in [1.54, 1.807) is 24.4 Å². The lowest BCUT2D eigenvalue weighted by molar-refractivity contribution is 0.0954. The topological polar surface area (TPSA) is 63.2 Å². The summed E-state index contributed by atoms with van der Waals surface area (Å²) >= 11 is 0. The molecule has 0 spiro atoms. The lowest BCUT2D eigenvalue weighted by atomic mass is 10.2. The van der Waals surface area contributed by atoms with Gasteiger partial charge in [-0.15, -0.1) is 0 Å². The normalized spacial score (nSPS) is 16.4. The maximum Gasteiger partial charge on any atom is 0.271 e. The van der Waals surface area contributed by atoms with Crippen LogP contribution in [0.1, 0.15) is 41.6 Å². The fourth-order valence-corrected chi connectivity index (χ4v) is 3.37. The predicted octanol–water partition coefficient (Wildman–Crippen LogP) is 3.56. The highest BCUT2D eigenvalue weighted by atomic mass is 16.7. The summed E-state index contributed by atoms with van der Waals surface area (Å²) in [5.41, 5.74) is 5.22. The lowest BCUT2D eigenvalue weighted by Gasteiger charge is -2.22. The first-order valence-electron chi connectivity index (χ1n) is 9.38. The highest BCUT2D eigenvalue weighted by Crippen LogP contribution is 2.32. The van der Waals surface area contributed by atoms with E-state index in [1.165, 1.54) is 31.4 Å². The van der Waals surface area contributed by atoms with E-state index in [4.69, 9.17) is 9.47 Å². The van der Waals surface area contributed by atoms with Gasteiger partial charge in [-0.2, -0.15) is 5.10 Å². The van der Waals surface area contributed by atoms with E-state index < -0.39 is 0 Å². The van der Waals surface area contributed by atoms with Gasteiger partial charge in [-0.1, -0.05) is 25.0 Å². The molecule has 1 fully saturated rings. The Morgan fingerprint density at radius 1 is 0.963 bits per heavy atom. The Balaban J connectivity index is 1.34. The average molecular weight is 365 g/mol. The molecule has 1 amide bonds. The summed E-state index contributed by atoms with van der Waals surface area (Å²) in [5.74, 6) is 0.945. The second-order valence-corrected chi connectivity index (χ2v) is 6.76. The van der Waals surface area contributed by atoms with Crippen LogP contribution in [0.3, 0.4) is 0 Å². The summed E-state index contributed by atoms with van der Waals surface area (Å²) in [5, 5.41) is 4.06. The van der Waals surface area contributed by atoms with Gasteiger partial charge in [0.2, 0.25) is 6.79 Å². The molecule has 0 radical (unpaired) electrons. The van der Waals surface area contributed by atoms with Crippen LogP contribution >= 0.6 is 0 Å². The summed E-state index contributed by atoms with van der Waals surface area (Å²) in [6, 6.07) is 13.4. The predicted molar refractivity (Wildman–Crippen MR) is 105 cm³/mol. The van der Waals surface area contributed by atoms with Crippen LogP contribution in [0.15, 0.2) is 47.6 Å². The van der Waals surface area contributed by atoms with Gasteiger partial charge in [-0.25, -0.2) is 5.43 Å². The Kier molecular flexibility index (Phi) is 5.23. The molecule has 6 heteroatoms. The number of hydrogen-bond donors (Lipinski definition) is 1. The number of fused-ring (bicyclic) bond motifs is 1. The zero-order valence-corrected chi connectivity index (χ0v) is 15.2. The SMILES string of the molecule is O=C(N/N=C\c1ccc(N2CCCCCC2)cc1)c1ccc2c(c1)OCO2. The van der Waals surface area contributed by atoms with E-state index in [0.29, 0.717) is 17.1 Å². The van der Waals surface area contributed by atoms with Crippen molar-refractivity contribution in [2.45, 2.75) is 25.7 Å². The largest absolute Gasteiger partial charge is 0.454 e. The number of ether oxygens (including phenoxy) is 2. The third kappa shape index (κ3) is 4.22. The Morgan fingerprint density at radius 2 is 1.70 bits per heavy atom. The molecule has 2 heterocycles. The minimum atomic E-state index is -0.286. The fourth-order valence-electron chi connectivity index (χ4n) is 3.37. The molecule has 0 bridgehead atoms. The van der Waals surface area contributed by atoms with Gasteiger partial charge in [0.25, 0.3) is 5.91 Å². The number of carbonyl (C=O) groups is 1. The number of carbonyl (C=O) groups excluding carboxylic acids is 1. The summed E-state index contributed by atoms with van der Waals surface area (Å²) in [6.45, 7) is 2.43. The van der Waals surface area contributed by atoms with Crippen LogP contribution < -0.4 is 19.8 Å². The number of nitrogens with zero attached hydrogens (tertiary/aromatic N) is 2. The van der Waals surface area contributed by atoms with E-state index in [9.17, 15) is 4.79 Å². The molecule has 2 aromatic rings. The summed E-state index contributed by atoms with van der Waals surface area (Å²) < 4.78 is 10.5. The molecule has 0 unspecified atom stereocenters. The quantitative estimate of drug-likeness (QED) is 0.665. The van der Waals surface area contributed by atoms with Crippen LogP contribution in [0.5, 0.6) is 11.5 Å². The van der Waals surface area contributed by atoms with Crippen molar-refractivity contribution in [3.8, 4) is 11.5 Å². The van der Waals surface area contributed by atoms with Crippen molar-refractivity contribution in [3.05, 3.63) is 53.6 Å². The number of hydrogen-bond acceptors (Lipinski definition) is 5. The number of nitrogens with one attached hydrogen (secondary N) is 1. The number of anilines is 1. The number of hydrazone groups is 1. The molecule has 6 nitrogen and oxygen atoms in total. The van der Waals surface area contributed by atoms with E-state index in [0.717, 1.165) is 18.7 Å². The molecular weight excluding hydrogens is 342 g/mol. The lowest BCUT2D eigenvalue weighted by Crippen LogP contribution is -2.23. The Hall–Kier alpha value is -3.02. The van der Waals surface area contributed by atoms with Crippen molar-refractivity contribution in [1.82, 2.24) is 5.43 Å². The van der Waals surface area contributed by atoms with Gasteiger partial charge in [-0.05, 0) is 48.7 Å². The van der Waals surface area contributed by atoms with E-state index >= 15 is 0 Å². The molecule has 140 valence electrons. The van der Waals surface area contributed by atoms with Crippen LogP contribution in [-0.2, 0) is 0 Å². The molecular formula is C21H23N3O3. The third-order valence-electron chi connectivity index (χ3n) is 4.88. The standard InChI is InChI=1S/C21H23N3O3/c25-21(17-7-10-19-20(13-17)27-15-26-19)23-22-14-16-5-8-18(9-6-16)24-11-3-1-2-4-12-24/h5-10,13-14H,1-4,11-12,15H2,(H,23,25)/b22-14-. The van der Waals surface area contributed by atoms with Gasteiger partial charge < -0.3 is 14.4 Å². The van der Waals surface area contributed by atoms with Gasteiger partial charge in [0.1, 0.15) is 0 Å². The molecule has 2 aromatic carbocycles. The third-order valence-corrected chi connectivity index (χ3v) is 4.88.